The van der Waals surface area contributed by atoms with E-state index >= 15 is 0 Å². The summed E-state index contributed by atoms with van der Waals surface area (Å²) in [6, 6.07) is 0.164. The molecule has 0 spiro atoms. The first-order chi connectivity index (χ1) is 10.1. The van der Waals surface area contributed by atoms with Gasteiger partial charge in [0.15, 0.2) is 0 Å². The summed E-state index contributed by atoms with van der Waals surface area (Å²) < 4.78 is 2.11. The first-order valence-corrected chi connectivity index (χ1v) is 8.81. The third-order valence-electron chi connectivity index (χ3n) is 5.19. The molecule has 1 aromatic rings. The minimum Gasteiger partial charge on any atom is -0.391 e. The quantitative estimate of drug-likeness (QED) is 0.820. The Morgan fingerprint density at radius 2 is 1.38 bits per heavy atom. The van der Waals surface area contributed by atoms with Crippen molar-refractivity contribution < 1.29 is 5.11 Å². The molecule has 1 aliphatic rings. The molecule has 3 nitrogen and oxygen atoms in total. The second kappa shape index (κ2) is 7.98. The minimum absolute atomic E-state index is 0.164. The fraction of sp³-hybridized carbons (Fsp3) is 0.833. The maximum absolute atomic E-state index is 10.7. The Bertz CT molecular complexity index is 439. The van der Waals surface area contributed by atoms with Crippen molar-refractivity contribution in [1.29, 1.82) is 0 Å². The Morgan fingerprint density at radius 1 is 0.857 bits per heavy atom. The molecule has 21 heavy (non-hydrogen) atoms. The predicted octanol–water partition coefficient (Wildman–Crippen LogP) is 4.62. The molecule has 2 atom stereocenters. The lowest BCUT2D eigenvalue weighted by molar-refractivity contribution is 0.0864. The van der Waals surface area contributed by atoms with Gasteiger partial charge in [-0.1, -0.05) is 51.4 Å². The van der Waals surface area contributed by atoms with Crippen molar-refractivity contribution in [2.75, 3.05) is 0 Å². The Labute approximate surface area is 129 Å². The molecular formula is C18H32N2O. The molecule has 1 N–H and O–H groups in total. The topological polar surface area (TPSA) is 38.0 Å². The Balaban J connectivity index is 2.12. The van der Waals surface area contributed by atoms with E-state index in [1.807, 2.05) is 0 Å². The lowest BCUT2D eigenvalue weighted by Crippen LogP contribution is -2.26. The van der Waals surface area contributed by atoms with Gasteiger partial charge in [0.05, 0.1) is 17.8 Å². The molecule has 120 valence electrons. The smallest absolute Gasteiger partial charge is 0.0781 e. The highest BCUT2D eigenvalue weighted by Crippen LogP contribution is 2.27. The van der Waals surface area contributed by atoms with Gasteiger partial charge in [-0.25, -0.2) is 0 Å². The molecule has 1 fully saturated rings. The average molecular weight is 292 g/mol. The highest BCUT2D eigenvalue weighted by Gasteiger charge is 2.24. The second-order valence-corrected chi connectivity index (χ2v) is 6.78. The summed E-state index contributed by atoms with van der Waals surface area (Å²) in [6.07, 6.45) is 12.1. The summed E-state index contributed by atoms with van der Waals surface area (Å²) in [4.78, 5) is 0. The van der Waals surface area contributed by atoms with Gasteiger partial charge in [0.25, 0.3) is 0 Å². The van der Waals surface area contributed by atoms with E-state index in [2.05, 4.69) is 25.5 Å². The van der Waals surface area contributed by atoms with Crippen molar-refractivity contribution in [2.45, 2.75) is 97.1 Å². The molecule has 1 saturated carbocycles. The number of nitrogens with zero attached hydrogens (tertiary/aromatic N) is 2. The lowest BCUT2D eigenvalue weighted by Gasteiger charge is -2.25. The van der Waals surface area contributed by atoms with Crippen LogP contribution in [0.1, 0.15) is 87.2 Å². The van der Waals surface area contributed by atoms with Gasteiger partial charge in [-0.15, -0.1) is 0 Å². The summed E-state index contributed by atoms with van der Waals surface area (Å²) in [5.41, 5.74) is 3.60. The van der Waals surface area contributed by atoms with Gasteiger partial charge < -0.3 is 5.11 Å². The van der Waals surface area contributed by atoms with Gasteiger partial charge in [0, 0.05) is 5.69 Å². The minimum atomic E-state index is -0.248. The standard InChI is InChI=1S/C18H32N2O/c1-14-15(2)19-20(16(14)3)17-12-10-8-6-4-5-7-9-11-13-18(17)21/h17-18,21H,4-13H2,1-3H3. The molecule has 2 unspecified atom stereocenters. The van der Waals surface area contributed by atoms with Crippen LogP contribution in [0.3, 0.4) is 0 Å². The number of hydrogen-bond donors (Lipinski definition) is 1. The summed E-state index contributed by atoms with van der Waals surface area (Å²) in [7, 11) is 0. The van der Waals surface area contributed by atoms with E-state index in [0.29, 0.717) is 0 Å². The highest BCUT2D eigenvalue weighted by atomic mass is 16.3. The molecule has 1 heterocycles. The van der Waals surface area contributed by atoms with Crippen molar-refractivity contribution in [1.82, 2.24) is 9.78 Å². The van der Waals surface area contributed by atoms with Crippen LogP contribution < -0.4 is 0 Å². The van der Waals surface area contributed by atoms with E-state index in [9.17, 15) is 5.11 Å². The Morgan fingerprint density at radius 3 is 1.90 bits per heavy atom. The maximum atomic E-state index is 10.7. The molecule has 2 rings (SSSR count). The highest BCUT2D eigenvalue weighted by molar-refractivity contribution is 5.22. The van der Waals surface area contributed by atoms with Crippen LogP contribution in [0.4, 0.5) is 0 Å². The molecule has 0 aromatic carbocycles. The van der Waals surface area contributed by atoms with Crippen LogP contribution in [0.5, 0.6) is 0 Å². The average Bonchev–Trinajstić information content (AvgIpc) is 2.70. The van der Waals surface area contributed by atoms with Crippen LogP contribution in [0, 0.1) is 20.8 Å². The number of aryl methyl sites for hydroxylation is 1. The number of aliphatic hydroxyl groups is 1. The third-order valence-corrected chi connectivity index (χ3v) is 5.19. The third kappa shape index (κ3) is 4.32. The molecule has 0 radical (unpaired) electrons. The summed E-state index contributed by atoms with van der Waals surface area (Å²) in [5, 5.41) is 15.4. The van der Waals surface area contributed by atoms with E-state index in [1.54, 1.807) is 0 Å². The number of aromatic nitrogens is 2. The molecular weight excluding hydrogens is 260 g/mol. The van der Waals surface area contributed by atoms with E-state index < -0.39 is 0 Å². The molecule has 1 aromatic heterocycles. The fourth-order valence-electron chi connectivity index (χ4n) is 3.51. The zero-order chi connectivity index (χ0) is 15.2. The van der Waals surface area contributed by atoms with Crippen molar-refractivity contribution in [2.24, 2.45) is 0 Å². The predicted molar refractivity (Wildman–Crippen MR) is 87.7 cm³/mol. The van der Waals surface area contributed by atoms with Crippen LogP contribution in [-0.4, -0.2) is 21.0 Å². The second-order valence-electron chi connectivity index (χ2n) is 6.78. The van der Waals surface area contributed by atoms with E-state index in [-0.39, 0.29) is 12.1 Å². The maximum Gasteiger partial charge on any atom is 0.0781 e. The zero-order valence-electron chi connectivity index (χ0n) is 14.1. The van der Waals surface area contributed by atoms with Crippen LogP contribution in [0.2, 0.25) is 0 Å². The molecule has 0 saturated heterocycles. The SMILES string of the molecule is Cc1nn(C2CCCCCCCCCCC2O)c(C)c1C. The van der Waals surface area contributed by atoms with Crippen molar-refractivity contribution in [3.63, 3.8) is 0 Å². The number of aliphatic hydroxyl groups excluding tert-OH is 1. The number of hydrogen-bond acceptors (Lipinski definition) is 2. The monoisotopic (exact) mass is 292 g/mol. The summed E-state index contributed by atoms with van der Waals surface area (Å²) >= 11 is 0. The van der Waals surface area contributed by atoms with Gasteiger partial charge in [0.1, 0.15) is 0 Å². The largest absolute Gasteiger partial charge is 0.391 e. The van der Waals surface area contributed by atoms with Gasteiger partial charge >= 0.3 is 0 Å². The van der Waals surface area contributed by atoms with Crippen molar-refractivity contribution >= 4 is 0 Å². The molecule has 1 aliphatic carbocycles. The van der Waals surface area contributed by atoms with Gasteiger partial charge in [-0.3, -0.25) is 4.68 Å². The molecule has 0 amide bonds. The van der Waals surface area contributed by atoms with Crippen LogP contribution in [0.25, 0.3) is 0 Å². The lowest BCUT2D eigenvalue weighted by atomic mass is 9.95. The van der Waals surface area contributed by atoms with Gasteiger partial charge in [-0.2, -0.15) is 5.10 Å². The van der Waals surface area contributed by atoms with E-state index in [1.165, 1.54) is 56.2 Å². The van der Waals surface area contributed by atoms with E-state index in [4.69, 9.17) is 5.10 Å². The van der Waals surface area contributed by atoms with Crippen molar-refractivity contribution in [3.8, 4) is 0 Å². The first kappa shape index (κ1) is 16.5. The Hall–Kier alpha value is -0.830. The first-order valence-electron chi connectivity index (χ1n) is 8.81. The van der Waals surface area contributed by atoms with Gasteiger partial charge in [0.2, 0.25) is 0 Å². The van der Waals surface area contributed by atoms with Crippen LogP contribution in [0.15, 0.2) is 0 Å². The molecule has 0 aliphatic heterocycles. The van der Waals surface area contributed by atoms with Crippen LogP contribution in [-0.2, 0) is 0 Å². The molecule has 0 bridgehead atoms. The van der Waals surface area contributed by atoms with Crippen LogP contribution >= 0.6 is 0 Å². The summed E-state index contributed by atoms with van der Waals surface area (Å²) in [6.45, 7) is 6.34. The fourth-order valence-corrected chi connectivity index (χ4v) is 3.51. The van der Waals surface area contributed by atoms with Crippen molar-refractivity contribution in [3.05, 3.63) is 17.0 Å². The Kier molecular flexibility index (Phi) is 6.28. The number of rotatable bonds is 1. The van der Waals surface area contributed by atoms with E-state index in [0.717, 1.165) is 25.0 Å². The zero-order valence-corrected chi connectivity index (χ0v) is 14.1. The molecule has 3 heteroatoms. The summed E-state index contributed by atoms with van der Waals surface area (Å²) in [5.74, 6) is 0. The van der Waals surface area contributed by atoms with Gasteiger partial charge in [-0.05, 0) is 39.2 Å². The normalized spacial score (nSPS) is 26.1.